The van der Waals surface area contributed by atoms with Gasteiger partial charge in [-0.25, -0.2) is 25.5 Å². The number of nitrogens with two attached hydrogens (primary N) is 1. The Morgan fingerprint density at radius 1 is 1.33 bits per heavy atom. The Morgan fingerprint density at radius 2 is 2.20 bits per heavy atom. The molecule has 0 radical (unpaired) electrons. The van der Waals surface area contributed by atoms with Crippen LogP contribution in [0.5, 0.6) is 0 Å². The summed E-state index contributed by atoms with van der Waals surface area (Å²) in [5.41, 5.74) is 2.45. The number of nitrogens with zero attached hydrogens (tertiary/aromatic N) is 5. The Balaban J connectivity index is 2.21. The molecule has 2 aromatic heterocycles. The largest absolute Gasteiger partial charge is 0.308 e. The van der Waals surface area contributed by atoms with Crippen molar-refractivity contribution in [1.29, 1.82) is 0 Å². The van der Waals surface area contributed by atoms with Crippen molar-refractivity contribution in [3.63, 3.8) is 0 Å². The van der Waals surface area contributed by atoms with Crippen molar-refractivity contribution >= 4 is 17.6 Å². The van der Waals surface area contributed by atoms with E-state index in [1.165, 1.54) is 24.4 Å². The third-order valence-corrected chi connectivity index (χ3v) is 2.64. The number of aryl methyl sites for hydroxylation is 1. The summed E-state index contributed by atoms with van der Waals surface area (Å²) in [6, 6.07) is 1.74. The highest BCUT2D eigenvalue weighted by molar-refractivity contribution is 7.99. The fraction of sp³-hybridized carbons (Fsp3) is 0.143. The summed E-state index contributed by atoms with van der Waals surface area (Å²) in [5, 5.41) is 5.48. The molecule has 0 aromatic carbocycles. The smallest absolute Gasteiger partial charge is 0.192 e. The molecule has 0 spiro atoms. The van der Waals surface area contributed by atoms with Crippen molar-refractivity contribution in [3.05, 3.63) is 18.7 Å². The topological polar surface area (TPSA) is 94.5 Å². The predicted octanol–water partition coefficient (Wildman–Crippen LogP) is 0.0419. The van der Waals surface area contributed by atoms with Gasteiger partial charge in [-0.15, -0.1) is 0 Å². The van der Waals surface area contributed by atoms with Gasteiger partial charge < -0.3 is 5.43 Å². The van der Waals surface area contributed by atoms with Crippen LogP contribution in [-0.2, 0) is 7.05 Å². The number of anilines is 1. The van der Waals surface area contributed by atoms with E-state index in [1.807, 2.05) is 7.05 Å². The number of hydrogen-bond acceptors (Lipinski definition) is 7. The molecular formula is C7H9N7S. The quantitative estimate of drug-likeness (QED) is 0.431. The molecule has 0 aliphatic carbocycles. The molecule has 78 valence electrons. The van der Waals surface area contributed by atoms with Crippen molar-refractivity contribution < 1.29 is 0 Å². The van der Waals surface area contributed by atoms with E-state index < -0.39 is 0 Å². The Bertz CT molecular complexity index is 454. The number of rotatable bonds is 3. The van der Waals surface area contributed by atoms with Crippen LogP contribution in [0.4, 0.5) is 5.82 Å². The fourth-order valence-electron chi connectivity index (χ4n) is 0.946. The fourth-order valence-corrected chi connectivity index (χ4v) is 1.68. The summed E-state index contributed by atoms with van der Waals surface area (Å²) >= 11 is 1.39. The first-order valence-corrected chi connectivity index (χ1v) is 4.92. The second kappa shape index (κ2) is 4.24. The lowest BCUT2D eigenvalue weighted by atomic mass is 10.6. The highest BCUT2D eigenvalue weighted by atomic mass is 32.2. The second-order valence-corrected chi connectivity index (χ2v) is 3.64. The highest BCUT2D eigenvalue weighted by Gasteiger charge is 2.05. The number of nitrogens with one attached hydrogen (secondary N) is 1. The van der Waals surface area contributed by atoms with E-state index >= 15 is 0 Å². The molecule has 0 atom stereocenters. The zero-order valence-electron chi connectivity index (χ0n) is 7.95. The minimum absolute atomic E-state index is 0.565. The van der Waals surface area contributed by atoms with Crippen molar-refractivity contribution in [2.24, 2.45) is 12.9 Å². The Kier molecular flexibility index (Phi) is 2.79. The molecule has 0 bridgehead atoms. The van der Waals surface area contributed by atoms with Gasteiger partial charge in [0.2, 0.25) is 0 Å². The maximum atomic E-state index is 5.24. The number of hydrazine groups is 1. The molecule has 2 heterocycles. The van der Waals surface area contributed by atoms with Crippen molar-refractivity contribution in [2.75, 3.05) is 5.43 Å². The van der Waals surface area contributed by atoms with Crippen molar-refractivity contribution in [1.82, 2.24) is 24.7 Å². The number of nitrogen functional groups attached to an aromatic ring is 1. The first-order valence-electron chi connectivity index (χ1n) is 4.10. The molecule has 8 heteroatoms. The summed E-state index contributed by atoms with van der Waals surface area (Å²) in [6.07, 6.45) is 2.93. The molecule has 7 nitrogen and oxygen atoms in total. The first kappa shape index (κ1) is 9.87. The van der Waals surface area contributed by atoms with Crippen LogP contribution in [0.3, 0.4) is 0 Å². The minimum Gasteiger partial charge on any atom is -0.308 e. The van der Waals surface area contributed by atoms with E-state index in [9.17, 15) is 0 Å². The average Bonchev–Trinajstić information content (AvgIpc) is 2.65. The predicted molar refractivity (Wildman–Crippen MR) is 55.0 cm³/mol. The van der Waals surface area contributed by atoms with Crippen LogP contribution < -0.4 is 11.3 Å². The molecule has 2 aromatic rings. The molecule has 0 saturated carbocycles. The maximum Gasteiger partial charge on any atom is 0.192 e. The van der Waals surface area contributed by atoms with Gasteiger partial charge in [-0.1, -0.05) is 0 Å². The maximum absolute atomic E-state index is 5.24. The van der Waals surface area contributed by atoms with E-state index in [0.29, 0.717) is 5.82 Å². The molecule has 0 aliphatic heterocycles. The minimum atomic E-state index is 0.565. The van der Waals surface area contributed by atoms with E-state index in [2.05, 4.69) is 25.5 Å². The normalized spacial score (nSPS) is 10.3. The van der Waals surface area contributed by atoms with E-state index in [1.54, 1.807) is 10.7 Å². The van der Waals surface area contributed by atoms with Crippen LogP contribution in [0.2, 0.25) is 0 Å². The van der Waals surface area contributed by atoms with Crippen LogP contribution in [-0.4, -0.2) is 24.7 Å². The lowest BCUT2D eigenvalue weighted by molar-refractivity contribution is 0.684. The summed E-state index contributed by atoms with van der Waals surface area (Å²) in [4.78, 5) is 12.1. The van der Waals surface area contributed by atoms with Crippen molar-refractivity contribution in [2.45, 2.75) is 10.2 Å². The summed E-state index contributed by atoms with van der Waals surface area (Å²) in [6.45, 7) is 0. The molecular weight excluding hydrogens is 214 g/mol. The zero-order valence-corrected chi connectivity index (χ0v) is 8.77. The highest BCUT2D eigenvalue weighted by Crippen LogP contribution is 2.23. The van der Waals surface area contributed by atoms with Gasteiger partial charge in [0.25, 0.3) is 0 Å². The number of aromatic nitrogens is 5. The Labute approximate surface area is 90.1 Å². The standard InChI is InChI=1S/C7H9N7S/c1-14-7(11-4-12-14)15-6-2-5(13-8)9-3-10-6/h2-4H,8H2,1H3,(H,9,10,13). The van der Waals surface area contributed by atoms with Gasteiger partial charge in [-0.2, -0.15) is 5.10 Å². The SMILES string of the molecule is Cn1ncnc1Sc1cc(NN)ncn1. The van der Waals surface area contributed by atoms with Crippen LogP contribution in [0.15, 0.2) is 28.9 Å². The molecule has 3 N–H and O–H groups in total. The van der Waals surface area contributed by atoms with Gasteiger partial charge >= 0.3 is 0 Å². The molecule has 0 unspecified atom stereocenters. The lowest BCUT2D eigenvalue weighted by Crippen LogP contribution is -2.08. The summed E-state index contributed by atoms with van der Waals surface area (Å²) in [7, 11) is 1.82. The molecule has 2 rings (SSSR count). The van der Waals surface area contributed by atoms with Crippen LogP contribution >= 0.6 is 11.8 Å². The second-order valence-electron chi connectivity index (χ2n) is 2.65. The third kappa shape index (κ3) is 2.22. The lowest BCUT2D eigenvalue weighted by Gasteiger charge is -2.01. The molecule has 0 saturated heterocycles. The van der Waals surface area contributed by atoms with Gasteiger partial charge in [-0.05, 0) is 11.8 Å². The van der Waals surface area contributed by atoms with Gasteiger partial charge in [0, 0.05) is 13.1 Å². The monoisotopic (exact) mass is 223 g/mol. The Hall–Kier alpha value is -1.67. The zero-order chi connectivity index (χ0) is 10.7. The van der Waals surface area contributed by atoms with Gasteiger partial charge in [0.05, 0.1) is 0 Å². The Morgan fingerprint density at radius 3 is 2.87 bits per heavy atom. The van der Waals surface area contributed by atoms with Crippen LogP contribution in [0.1, 0.15) is 0 Å². The van der Waals surface area contributed by atoms with Gasteiger partial charge in [0.1, 0.15) is 23.5 Å². The molecule has 15 heavy (non-hydrogen) atoms. The van der Waals surface area contributed by atoms with Crippen LogP contribution in [0, 0.1) is 0 Å². The third-order valence-electron chi connectivity index (χ3n) is 1.66. The van der Waals surface area contributed by atoms with Gasteiger partial charge in [0.15, 0.2) is 5.16 Å². The molecule has 0 amide bonds. The van der Waals surface area contributed by atoms with E-state index in [-0.39, 0.29) is 0 Å². The summed E-state index contributed by atoms with van der Waals surface area (Å²) in [5.74, 6) is 5.80. The average molecular weight is 223 g/mol. The molecule has 0 fully saturated rings. The van der Waals surface area contributed by atoms with Crippen molar-refractivity contribution in [3.8, 4) is 0 Å². The van der Waals surface area contributed by atoms with Gasteiger partial charge in [-0.3, -0.25) is 0 Å². The summed E-state index contributed by atoms with van der Waals surface area (Å²) < 4.78 is 1.67. The number of hydrogen-bond donors (Lipinski definition) is 2. The van der Waals surface area contributed by atoms with E-state index in [4.69, 9.17) is 5.84 Å². The van der Waals surface area contributed by atoms with E-state index in [0.717, 1.165) is 10.2 Å². The molecule has 0 aliphatic rings. The first-order chi connectivity index (χ1) is 7.29. The van der Waals surface area contributed by atoms with Crippen LogP contribution in [0.25, 0.3) is 0 Å².